The van der Waals surface area contributed by atoms with Crippen molar-refractivity contribution < 1.29 is 9.53 Å². The molecule has 0 saturated heterocycles. The van der Waals surface area contributed by atoms with Gasteiger partial charge in [0.05, 0.1) is 10.6 Å². The molecule has 2 N–H and O–H groups in total. The lowest BCUT2D eigenvalue weighted by Crippen LogP contribution is -2.10. The lowest BCUT2D eigenvalue weighted by atomic mass is 9.97. The van der Waals surface area contributed by atoms with Crippen LogP contribution in [0.25, 0.3) is 10.8 Å². The summed E-state index contributed by atoms with van der Waals surface area (Å²) in [5.74, 6) is -0.444. The molecule has 1 atom stereocenters. The highest BCUT2D eigenvalue weighted by Gasteiger charge is 2.21. The van der Waals surface area contributed by atoms with Crippen LogP contribution in [0.5, 0.6) is 0 Å². The van der Waals surface area contributed by atoms with Crippen LogP contribution in [-0.4, -0.2) is 5.97 Å². The van der Waals surface area contributed by atoms with Crippen LogP contribution in [0.4, 0.5) is 5.69 Å². The molecule has 1 aliphatic carbocycles. The molecule has 0 radical (unpaired) electrons. The minimum atomic E-state index is -0.444. The first kappa shape index (κ1) is 16.0. The number of aryl methyl sites for hydroxylation is 2. The van der Waals surface area contributed by atoms with Crippen LogP contribution in [0.1, 0.15) is 40.1 Å². The van der Waals surface area contributed by atoms with E-state index in [4.69, 9.17) is 22.1 Å². The third-order valence-electron chi connectivity index (χ3n) is 4.85. The molecule has 0 saturated carbocycles. The van der Waals surface area contributed by atoms with Gasteiger partial charge in [-0.3, -0.25) is 0 Å². The van der Waals surface area contributed by atoms with Crippen LogP contribution >= 0.6 is 11.6 Å². The van der Waals surface area contributed by atoms with Gasteiger partial charge >= 0.3 is 5.97 Å². The number of ether oxygens (including phenoxy) is 1. The molecule has 0 spiro atoms. The first-order chi connectivity index (χ1) is 12.0. The van der Waals surface area contributed by atoms with E-state index < -0.39 is 5.97 Å². The van der Waals surface area contributed by atoms with Crippen LogP contribution in [0.2, 0.25) is 5.02 Å². The molecule has 4 heteroatoms. The molecular weight excluding hydrogens is 334 g/mol. The Kier molecular flexibility index (Phi) is 3.89. The number of halogens is 1. The monoisotopic (exact) mass is 351 g/mol. The molecule has 0 heterocycles. The number of carbonyl (C=O) groups is 1. The molecule has 1 aliphatic rings. The van der Waals surface area contributed by atoms with Crippen LogP contribution < -0.4 is 5.73 Å². The predicted molar refractivity (Wildman–Crippen MR) is 101 cm³/mol. The summed E-state index contributed by atoms with van der Waals surface area (Å²) in [6.07, 6.45) is 1.78. The van der Waals surface area contributed by atoms with Gasteiger partial charge in [-0.2, -0.15) is 0 Å². The fourth-order valence-corrected chi connectivity index (χ4v) is 3.87. The van der Waals surface area contributed by atoms with Crippen molar-refractivity contribution in [1.29, 1.82) is 0 Å². The number of carbonyl (C=O) groups excluding carboxylic acids is 1. The first-order valence-corrected chi connectivity index (χ1v) is 8.72. The maximum absolute atomic E-state index is 12.5. The van der Waals surface area contributed by atoms with Crippen LogP contribution in [0.15, 0.2) is 48.5 Å². The summed E-state index contributed by atoms with van der Waals surface area (Å²) in [7, 11) is 0. The smallest absolute Gasteiger partial charge is 0.340 e. The van der Waals surface area contributed by atoms with Crippen molar-refractivity contribution >= 4 is 34.0 Å². The minimum absolute atomic E-state index is 0.303. The van der Waals surface area contributed by atoms with Crippen molar-refractivity contribution in [1.82, 2.24) is 0 Å². The number of benzene rings is 3. The van der Waals surface area contributed by atoms with E-state index in [9.17, 15) is 4.79 Å². The Hall–Kier alpha value is -2.52. The van der Waals surface area contributed by atoms with Gasteiger partial charge in [-0.05, 0) is 59.9 Å². The number of rotatable bonds is 3. The average Bonchev–Trinajstić information content (AvgIpc) is 3.00. The second-order valence-electron chi connectivity index (χ2n) is 6.44. The van der Waals surface area contributed by atoms with Crippen molar-refractivity contribution in [3.05, 3.63) is 75.8 Å². The number of anilines is 1. The van der Waals surface area contributed by atoms with Gasteiger partial charge in [0.15, 0.2) is 0 Å². The summed E-state index contributed by atoms with van der Waals surface area (Å²) in [5.41, 5.74) is 10.3. The quantitative estimate of drug-likeness (QED) is 0.528. The molecule has 0 amide bonds. The van der Waals surface area contributed by atoms with Gasteiger partial charge in [0.2, 0.25) is 0 Å². The second kappa shape index (κ2) is 6.08. The number of nitrogen functional groups attached to an aromatic ring is 1. The standard InChI is InChI=1S/C21H18ClNO2/c1-12(25-21(24)18-10-8-15(23)11-19(18)22)16-9-7-14-6-5-13-3-2-4-17(16)20(13)14/h2-4,7-12H,5-6,23H2,1H3/t12-/m0/s1. The van der Waals surface area contributed by atoms with Crippen molar-refractivity contribution in [3.8, 4) is 0 Å². The predicted octanol–water partition coefficient (Wildman–Crippen LogP) is 5.09. The third-order valence-corrected chi connectivity index (χ3v) is 5.16. The first-order valence-electron chi connectivity index (χ1n) is 8.34. The van der Waals surface area contributed by atoms with Crippen LogP contribution in [0.3, 0.4) is 0 Å². The SMILES string of the molecule is C[C@H](OC(=O)c1ccc(N)cc1Cl)c1ccc2c3c(cccc13)CC2. The molecular formula is C21H18ClNO2. The highest BCUT2D eigenvalue weighted by atomic mass is 35.5. The fourth-order valence-electron chi connectivity index (χ4n) is 3.61. The average molecular weight is 352 g/mol. The Bertz CT molecular complexity index is 986. The van der Waals surface area contributed by atoms with Gasteiger partial charge in [0.1, 0.15) is 6.10 Å². The summed E-state index contributed by atoms with van der Waals surface area (Å²) in [5, 5.41) is 2.78. The van der Waals surface area contributed by atoms with Gasteiger partial charge in [-0.1, -0.05) is 41.9 Å². The lowest BCUT2D eigenvalue weighted by Gasteiger charge is -2.17. The highest BCUT2D eigenvalue weighted by Crippen LogP contribution is 2.36. The summed E-state index contributed by atoms with van der Waals surface area (Å²) in [6, 6.07) is 15.4. The molecule has 0 aliphatic heterocycles. The summed E-state index contributed by atoms with van der Waals surface area (Å²) < 4.78 is 5.69. The summed E-state index contributed by atoms with van der Waals surface area (Å²) >= 11 is 6.12. The van der Waals surface area contributed by atoms with E-state index in [1.54, 1.807) is 18.2 Å². The Morgan fingerprint density at radius 1 is 1.12 bits per heavy atom. The Balaban J connectivity index is 1.67. The zero-order valence-electron chi connectivity index (χ0n) is 13.9. The van der Waals surface area contributed by atoms with Crippen molar-refractivity contribution in [2.45, 2.75) is 25.9 Å². The normalized spacial score (nSPS) is 13.8. The Morgan fingerprint density at radius 3 is 2.64 bits per heavy atom. The molecule has 3 aromatic rings. The van der Waals surface area contributed by atoms with E-state index in [0.717, 1.165) is 23.8 Å². The topological polar surface area (TPSA) is 52.3 Å². The van der Waals surface area contributed by atoms with Crippen molar-refractivity contribution in [3.63, 3.8) is 0 Å². The molecule has 4 rings (SSSR count). The molecule has 0 fully saturated rings. The van der Waals surface area contributed by atoms with E-state index >= 15 is 0 Å². The molecule has 0 bridgehead atoms. The van der Waals surface area contributed by atoms with Crippen LogP contribution in [0, 0.1) is 0 Å². The van der Waals surface area contributed by atoms with E-state index in [1.165, 1.54) is 16.5 Å². The van der Waals surface area contributed by atoms with E-state index in [1.807, 2.05) is 6.92 Å². The van der Waals surface area contributed by atoms with Crippen molar-refractivity contribution in [2.75, 3.05) is 5.73 Å². The second-order valence-corrected chi connectivity index (χ2v) is 6.85. The number of nitrogens with two attached hydrogens (primary N) is 1. The third kappa shape index (κ3) is 2.75. The fraction of sp³-hybridized carbons (Fsp3) is 0.190. The number of hydrogen-bond acceptors (Lipinski definition) is 3. The summed E-state index contributed by atoms with van der Waals surface area (Å²) in [6.45, 7) is 1.89. The van der Waals surface area contributed by atoms with E-state index in [0.29, 0.717) is 16.3 Å². The maximum atomic E-state index is 12.5. The zero-order chi connectivity index (χ0) is 17.6. The number of hydrogen-bond donors (Lipinski definition) is 1. The molecule has 3 aromatic carbocycles. The number of esters is 1. The highest BCUT2D eigenvalue weighted by molar-refractivity contribution is 6.33. The zero-order valence-corrected chi connectivity index (χ0v) is 14.6. The van der Waals surface area contributed by atoms with E-state index in [-0.39, 0.29) is 6.10 Å². The lowest BCUT2D eigenvalue weighted by molar-refractivity contribution is 0.0341. The van der Waals surface area contributed by atoms with Gasteiger partial charge in [-0.15, -0.1) is 0 Å². The molecule has 0 unspecified atom stereocenters. The van der Waals surface area contributed by atoms with Crippen molar-refractivity contribution in [2.24, 2.45) is 0 Å². The van der Waals surface area contributed by atoms with Gasteiger partial charge in [-0.25, -0.2) is 4.79 Å². The molecule has 25 heavy (non-hydrogen) atoms. The van der Waals surface area contributed by atoms with Gasteiger partial charge < -0.3 is 10.5 Å². The van der Waals surface area contributed by atoms with E-state index in [2.05, 4.69) is 30.3 Å². The Labute approximate surface area is 151 Å². The minimum Gasteiger partial charge on any atom is -0.454 e. The summed E-state index contributed by atoms with van der Waals surface area (Å²) in [4.78, 5) is 12.5. The largest absolute Gasteiger partial charge is 0.454 e. The molecule has 0 aromatic heterocycles. The molecule has 3 nitrogen and oxygen atoms in total. The molecule has 126 valence electrons. The van der Waals surface area contributed by atoms with Gasteiger partial charge in [0, 0.05) is 11.3 Å². The maximum Gasteiger partial charge on any atom is 0.340 e. The Morgan fingerprint density at radius 2 is 1.88 bits per heavy atom. The van der Waals surface area contributed by atoms with Gasteiger partial charge in [0.25, 0.3) is 0 Å². The van der Waals surface area contributed by atoms with Crippen LogP contribution in [-0.2, 0) is 17.6 Å².